The lowest BCUT2D eigenvalue weighted by atomic mass is 10.2. The Balaban J connectivity index is 3.15. The molecular weight excluding hydrogens is 162 g/mol. The van der Waals surface area contributed by atoms with Gasteiger partial charge < -0.3 is 4.57 Å². The number of rotatable bonds is 3. The highest BCUT2D eigenvalue weighted by Crippen LogP contribution is 2.12. The minimum atomic E-state index is 0.602. The van der Waals surface area contributed by atoms with Crippen LogP contribution < -0.4 is 0 Å². The van der Waals surface area contributed by atoms with Gasteiger partial charge in [0.25, 0.3) is 0 Å². The second-order valence-corrected chi connectivity index (χ2v) is 2.96. The Morgan fingerprint density at radius 3 is 2.69 bits per heavy atom. The van der Waals surface area contributed by atoms with Crippen molar-refractivity contribution in [2.45, 2.75) is 6.92 Å². The van der Waals surface area contributed by atoms with E-state index in [1.54, 1.807) is 6.08 Å². The van der Waals surface area contributed by atoms with Gasteiger partial charge in [-0.3, -0.25) is 4.79 Å². The lowest BCUT2D eigenvalue weighted by Gasteiger charge is -1.99. The number of carbonyl (C=O) groups excluding carboxylic acids is 1. The van der Waals surface area contributed by atoms with Gasteiger partial charge in [-0.1, -0.05) is 12.7 Å². The highest BCUT2D eigenvalue weighted by Gasteiger charge is 1.99. The standard InChI is InChI=1S/C11H13NO/c1-4-10(8-13)7-11-9(2)5-6-12(11)3/h4-8H,1H2,2-3H3/b10-7+. The number of nitrogens with zero attached hydrogens (tertiary/aromatic N) is 1. The Labute approximate surface area is 78.2 Å². The SMILES string of the molecule is C=C/C(C=O)=C\c1c(C)ccn1C. The van der Waals surface area contributed by atoms with Gasteiger partial charge in [0.05, 0.1) is 0 Å². The fraction of sp³-hybridized carbons (Fsp3) is 0.182. The average Bonchev–Trinajstić information content (AvgIpc) is 2.44. The Kier molecular flexibility index (Phi) is 2.85. The normalized spacial score (nSPS) is 11.4. The van der Waals surface area contributed by atoms with Gasteiger partial charge in [0, 0.05) is 24.5 Å². The molecule has 1 aromatic heterocycles. The zero-order chi connectivity index (χ0) is 9.84. The number of hydrogen-bond acceptors (Lipinski definition) is 1. The Morgan fingerprint density at radius 1 is 1.62 bits per heavy atom. The van der Waals surface area contributed by atoms with E-state index < -0.39 is 0 Å². The number of carbonyl (C=O) groups is 1. The summed E-state index contributed by atoms with van der Waals surface area (Å²) >= 11 is 0. The van der Waals surface area contributed by atoms with E-state index in [0.29, 0.717) is 5.57 Å². The largest absolute Gasteiger partial charge is 0.351 e. The summed E-state index contributed by atoms with van der Waals surface area (Å²) in [6.07, 6.45) is 6.15. The second kappa shape index (κ2) is 3.90. The number of aryl methyl sites for hydroxylation is 2. The molecule has 0 fully saturated rings. The maximum Gasteiger partial charge on any atom is 0.150 e. The summed E-state index contributed by atoms with van der Waals surface area (Å²) in [7, 11) is 1.95. The molecule has 0 aliphatic heterocycles. The van der Waals surface area contributed by atoms with E-state index in [1.807, 2.05) is 36.9 Å². The van der Waals surface area contributed by atoms with Crippen molar-refractivity contribution in [1.29, 1.82) is 0 Å². The lowest BCUT2D eigenvalue weighted by Crippen LogP contribution is -1.91. The molecule has 0 amide bonds. The first kappa shape index (κ1) is 9.52. The summed E-state index contributed by atoms with van der Waals surface area (Å²) < 4.78 is 1.97. The molecule has 1 aromatic rings. The summed E-state index contributed by atoms with van der Waals surface area (Å²) in [5.41, 5.74) is 2.80. The molecule has 0 unspecified atom stereocenters. The van der Waals surface area contributed by atoms with Gasteiger partial charge in [-0.15, -0.1) is 0 Å². The van der Waals surface area contributed by atoms with E-state index in [4.69, 9.17) is 0 Å². The number of hydrogen-bond donors (Lipinski definition) is 0. The van der Waals surface area contributed by atoms with Crippen molar-refractivity contribution >= 4 is 12.4 Å². The molecule has 0 bridgehead atoms. The Morgan fingerprint density at radius 2 is 2.31 bits per heavy atom. The molecule has 1 heterocycles. The lowest BCUT2D eigenvalue weighted by molar-refractivity contribution is -0.104. The smallest absolute Gasteiger partial charge is 0.150 e. The second-order valence-electron chi connectivity index (χ2n) is 2.96. The summed E-state index contributed by atoms with van der Waals surface area (Å²) in [4.78, 5) is 10.5. The molecule has 2 nitrogen and oxygen atoms in total. The molecule has 0 saturated heterocycles. The zero-order valence-corrected chi connectivity index (χ0v) is 7.95. The van der Waals surface area contributed by atoms with E-state index in [1.165, 1.54) is 0 Å². The molecule has 0 aliphatic rings. The van der Waals surface area contributed by atoms with Crippen LogP contribution in [-0.4, -0.2) is 10.9 Å². The van der Waals surface area contributed by atoms with Crippen molar-refractivity contribution in [2.75, 3.05) is 0 Å². The quantitative estimate of drug-likeness (QED) is 0.392. The summed E-state index contributed by atoms with van der Waals surface area (Å²) in [5.74, 6) is 0. The molecule has 0 aliphatic carbocycles. The van der Waals surface area contributed by atoms with Gasteiger partial charge in [0.2, 0.25) is 0 Å². The summed E-state index contributed by atoms with van der Waals surface area (Å²) in [5, 5.41) is 0. The highest BCUT2D eigenvalue weighted by atomic mass is 16.1. The fourth-order valence-electron chi connectivity index (χ4n) is 1.18. The zero-order valence-electron chi connectivity index (χ0n) is 7.95. The third kappa shape index (κ3) is 1.96. The van der Waals surface area contributed by atoms with Crippen LogP contribution in [0.2, 0.25) is 0 Å². The summed E-state index contributed by atoms with van der Waals surface area (Å²) in [6, 6.07) is 2.01. The van der Waals surface area contributed by atoms with Crippen LogP contribution in [0.25, 0.3) is 6.08 Å². The molecule has 1 rings (SSSR count). The van der Waals surface area contributed by atoms with Crippen LogP contribution in [0.5, 0.6) is 0 Å². The maximum absolute atomic E-state index is 10.5. The first-order valence-electron chi connectivity index (χ1n) is 4.10. The van der Waals surface area contributed by atoms with Crippen LogP contribution in [0.3, 0.4) is 0 Å². The van der Waals surface area contributed by atoms with E-state index in [9.17, 15) is 4.79 Å². The molecule has 13 heavy (non-hydrogen) atoms. The van der Waals surface area contributed by atoms with Gasteiger partial charge in [0.1, 0.15) is 6.29 Å². The molecule has 0 aromatic carbocycles. The number of aromatic nitrogens is 1. The van der Waals surface area contributed by atoms with Crippen molar-refractivity contribution in [1.82, 2.24) is 4.57 Å². The van der Waals surface area contributed by atoms with Crippen LogP contribution >= 0.6 is 0 Å². The van der Waals surface area contributed by atoms with Gasteiger partial charge in [-0.2, -0.15) is 0 Å². The van der Waals surface area contributed by atoms with Gasteiger partial charge in [-0.25, -0.2) is 0 Å². The highest BCUT2D eigenvalue weighted by molar-refractivity contribution is 5.85. The van der Waals surface area contributed by atoms with Gasteiger partial charge in [-0.05, 0) is 24.6 Å². The predicted molar refractivity (Wildman–Crippen MR) is 54.4 cm³/mol. The van der Waals surface area contributed by atoms with Crippen LogP contribution in [0.15, 0.2) is 30.5 Å². The fourth-order valence-corrected chi connectivity index (χ4v) is 1.18. The Hall–Kier alpha value is -1.57. The minimum absolute atomic E-state index is 0.602. The third-order valence-corrected chi connectivity index (χ3v) is 2.01. The van der Waals surface area contributed by atoms with Crippen molar-refractivity contribution in [3.63, 3.8) is 0 Å². The van der Waals surface area contributed by atoms with Crippen molar-refractivity contribution < 1.29 is 4.79 Å². The molecular formula is C11H13NO. The Bertz CT molecular complexity index is 329. The van der Waals surface area contributed by atoms with Crippen LogP contribution in [-0.2, 0) is 11.8 Å². The van der Waals surface area contributed by atoms with E-state index >= 15 is 0 Å². The van der Waals surface area contributed by atoms with Gasteiger partial charge >= 0.3 is 0 Å². The predicted octanol–water partition coefficient (Wildman–Crippen LogP) is 2.10. The number of allylic oxidation sites excluding steroid dienone is 2. The van der Waals surface area contributed by atoms with Crippen LogP contribution in [0.1, 0.15) is 11.3 Å². The molecule has 0 radical (unpaired) electrons. The molecule has 0 saturated carbocycles. The first-order chi connectivity index (χ1) is 6.19. The first-order valence-corrected chi connectivity index (χ1v) is 4.10. The van der Waals surface area contributed by atoms with Crippen LogP contribution in [0, 0.1) is 6.92 Å². The molecule has 0 N–H and O–H groups in total. The van der Waals surface area contributed by atoms with Crippen molar-refractivity contribution in [3.05, 3.63) is 41.7 Å². The maximum atomic E-state index is 10.5. The van der Waals surface area contributed by atoms with E-state index in [-0.39, 0.29) is 0 Å². The van der Waals surface area contributed by atoms with Crippen molar-refractivity contribution in [3.8, 4) is 0 Å². The van der Waals surface area contributed by atoms with Gasteiger partial charge in [0.15, 0.2) is 0 Å². The summed E-state index contributed by atoms with van der Waals surface area (Å²) in [6.45, 7) is 5.57. The van der Waals surface area contributed by atoms with E-state index in [0.717, 1.165) is 17.5 Å². The molecule has 0 spiro atoms. The molecule has 2 heteroatoms. The average molecular weight is 175 g/mol. The van der Waals surface area contributed by atoms with Crippen molar-refractivity contribution in [2.24, 2.45) is 7.05 Å². The number of aldehydes is 1. The molecule has 68 valence electrons. The van der Waals surface area contributed by atoms with E-state index in [2.05, 4.69) is 6.58 Å². The van der Waals surface area contributed by atoms with Crippen LogP contribution in [0.4, 0.5) is 0 Å². The minimum Gasteiger partial charge on any atom is -0.351 e. The topological polar surface area (TPSA) is 22.0 Å². The third-order valence-electron chi connectivity index (χ3n) is 2.01. The monoisotopic (exact) mass is 175 g/mol. The molecule has 0 atom stereocenters.